The fourth-order valence-corrected chi connectivity index (χ4v) is 3.83. The Bertz CT molecular complexity index is 1460. The smallest absolute Gasteiger partial charge is 0.259 e. The Hall–Kier alpha value is -4.85. The fourth-order valence-electron chi connectivity index (χ4n) is 3.83. The summed E-state index contributed by atoms with van der Waals surface area (Å²) in [5.74, 6) is 0.872. The Kier molecular flexibility index (Phi) is 6.00. The molecule has 0 unspecified atom stereocenters. The van der Waals surface area contributed by atoms with E-state index in [2.05, 4.69) is 15.5 Å². The molecular weight excluding hydrogens is 442 g/mol. The highest BCUT2D eigenvalue weighted by molar-refractivity contribution is 6.08. The summed E-state index contributed by atoms with van der Waals surface area (Å²) in [6.07, 6.45) is 3.42. The zero-order chi connectivity index (χ0) is 24.2. The van der Waals surface area contributed by atoms with Gasteiger partial charge in [0.1, 0.15) is 5.69 Å². The first-order valence-electron chi connectivity index (χ1n) is 10.9. The van der Waals surface area contributed by atoms with Gasteiger partial charge >= 0.3 is 0 Å². The van der Waals surface area contributed by atoms with Crippen LogP contribution < -0.4 is 14.8 Å². The van der Waals surface area contributed by atoms with E-state index < -0.39 is 0 Å². The maximum atomic E-state index is 13.5. The number of para-hydroxylation sites is 1. The molecule has 2 N–H and O–H groups in total. The maximum Gasteiger partial charge on any atom is 0.259 e. The van der Waals surface area contributed by atoms with E-state index in [9.17, 15) is 4.79 Å². The van der Waals surface area contributed by atoms with Gasteiger partial charge in [-0.05, 0) is 48.5 Å². The number of rotatable bonds is 7. The molecule has 0 fully saturated rings. The molecule has 0 saturated carbocycles. The molecule has 0 aliphatic carbocycles. The number of nitrogens with one attached hydrogen (secondary N) is 2. The summed E-state index contributed by atoms with van der Waals surface area (Å²) in [4.78, 5) is 13.5. The number of benzene rings is 3. The molecule has 35 heavy (non-hydrogen) atoms. The zero-order valence-corrected chi connectivity index (χ0v) is 19.2. The number of methoxy groups -OCH3 is 2. The number of ether oxygens (including phenoxy) is 2. The van der Waals surface area contributed by atoms with Crippen molar-refractivity contribution >= 4 is 11.6 Å². The minimum Gasteiger partial charge on any atom is -0.493 e. The standard InChI is InChI=1S/C27H23N5O3/c1-34-24-12-11-19(16-25(24)35-2)26-22(17-32(31-26)21-9-4-3-5-10-21)27(33)29-20-8-6-7-18(15-20)23-13-14-28-30-23/h3-17H,1-2H3,(H,28,30)(H,29,33). The van der Waals surface area contributed by atoms with Gasteiger partial charge in [-0.3, -0.25) is 9.89 Å². The summed E-state index contributed by atoms with van der Waals surface area (Å²) in [5.41, 5.74) is 4.96. The Morgan fingerprint density at radius 1 is 0.886 bits per heavy atom. The highest BCUT2D eigenvalue weighted by Gasteiger charge is 2.20. The second kappa shape index (κ2) is 9.56. The number of amides is 1. The van der Waals surface area contributed by atoms with Crippen LogP contribution in [0.15, 0.2) is 91.3 Å². The molecule has 0 bridgehead atoms. The number of hydrogen-bond donors (Lipinski definition) is 2. The van der Waals surface area contributed by atoms with Crippen LogP contribution >= 0.6 is 0 Å². The molecule has 0 saturated heterocycles. The van der Waals surface area contributed by atoms with Crippen LogP contribution in [0, 0.1) is 0 Å². The molecule has 2 aromatic heterocycles. The molecule has 0 atom stereocenters. The predicted octanol–water partition coefficient (Wildman–Crippen LogP) is 5.20. The lowest BCUT2D eigenvalue weighted by molar-refractivity contribution is 0.102. The van der Waals surface area contributed by atoms with Crippen LogP contribution in [0.1, 0.15) is 10.4 Å². The zero-order valence-electron chi connectivity index (χ0n) is 19.2. The molecule has 174 valence electrons. The van der Waals surface area contributed by atoms with Crippen molar-refractivity contribution in [3.63, 3.8) is 0 Å². The van der Waals surface area contributed by atoms with Gasteiger partial charge in [-0.2, -0.15) is 10.2 Å². The number of H-pyrrole nitrogens is 1. The number of nitrogens with zero attached hydrogens (tertiary/aromatic N) is 3. The third-order valence-electron chi connectivity index (χ3n) is 5.57. The lowest BCUT2D eigenvalue weighted by Gasteiger charge is -2.10. The quantitative estimate of drug-likeness (QED) is 0.345. The van der Waals surface area contributed by atoms with Gasteiger partial charge in [0.2, 0.25) is 0 Å². The monoisotopic (exact) mass is 465 g/mol. The van der Waals surface area contributed by atoms with Crippen LogP contribution in [0.2, 0.25) is 0 Å². The van der Waals surface area contributed by atoms with E-state index in [0.29, 0.717) is 28.4 Å². The molecule has 0 radical (unpaired) electrons. The van der Waals surface area contributed by atoms with Gasteiger partial charge in [-0.25, -0.2) is 4.68 Å². The van der Waals surface area contributed by atoms with Crippen molar-refractivity contribution in [3.05, 3.63) is 96.8 Å². The van der Waals surface area contributed by atoms with Gasteiger partial charge in [0.05, 0.1) is 31.2 Å². The van der Waals surface area contributed by atoms with Crippen molar-refractivity contribution < 1.29 is 14.3 Å². The first kappa shape index (κ1) is 22.0. The predicted molar refractivity (Wildman–Crippen MR) is 134 cm³/mol. The van der Waals surface area contributed by atoms with Crippen LogP contribution in [-0.4, -0.2) is 40.1 Å². The maximum absolute atomic E-state index is 13.5. The van der Waals surface area contributed by atoms with Crippen molar-refractivity contribution in [2.24, 2.45) is 0 Å². The van der Waals surface area contributed by atoms with Crippen LogP contribution in [-0.2, 0) is 0 Å². The van der Waals surface area contributed by atoms with Crippen molar-refractivity contribution in [2.75, 3.05) is 19.5 Å². The first-order chi connectivity index (χ1) is 17.2. The molecule has 1 amide bonds. The van der Waals surface area contributed by atoms with Gasteiger partial charge in [-0.1, -0.05) is 30.3 Å². The molecule has 2 heterocycles. The molecule has 5 aromatic rings. The topological polar surface area (TPSA) is 94.1 Å². The number of anilines is 1. The number of hydrogen-bond acceptors (Lipinski definition) is 5. The molecule has 8 heteroatoms. The molecule has 8 nitrogen and oxygen atoms in total. The third kappa shape index (κ3) is 4.49. The van der Waals surface area contributed by atoms with Crippen LogP contribution in [0.4, 0.5) is 5.69 Å². The second-order valence-electron chi connectivity index (χ2n) is 7.75. The Morgan fingerprint density at radius 3 is 2.46 bits per heavy atom. The van der Waals surface area contributed by atoms with Crippen molar-refractivity contribution in [3.8, 4) is 39.7 Å². The molecule has 0 aliphatic rings. The molecule has 0 spiro atoms. The summed E-state index contributed by atoms with van der Waals surface area (Å²) in [6.45, 7) is 0. The Labute approximate surface area is 202 Å². The van der Waals surface area contributed by atoms with E-state index in [-0.39, 0.29) is 5.91 Å². The molecular formula is C27H23N5O3. The largest absolute Gasteiger partial charge is 0.493 e. The molecule has 0 aliphatic heterocycles. The van der Waals surface area contributed by atoms with Gasteiger partial charge < -0.3 is 14.8 Å². The number of carbonyl (C=O) groups is 1. The van der Waals surface area contributed by atoms with E-state index >= 15 is 0 Å². The third-order valence-corrected chi connectivity index (χ3v) is 5.57. The molecule has 3 aromatic carbocycles. The SMILES string of the molecule is COc1ccc(-c2nn(-c3ccccc3)cc2C(=O)Nc2cccc(-c3ccn[nH]3)c2)cc1OC. The highest BCUT2D eigenvalue weighted by atomic mass is 16.5. The molecule has 5 rings (SSSR count). The van der Waals surface area contributed by atoms with E-state index in [1.165, 1.54) is 0 Å². The van der Waals surface area contributed by atoms with E-state index in [4.69, 9.17) is 14.6 Å². The average Bonchev–Trinajstić information content (AvgIpc) is 3.60. The number of aromatic amines is 1. The van der Waals surface area contributed by atoms with Gasteiger partial charge in [0, 0.05) is 29.2 Å². The van der Waals surface area contributed by atoms with Crippen LogP contribution in [0.5, 0.6) is 11.5 Å². The lowest BCUT2D eigenvalue weighted by Crippen LogP contribution is -2.12. The number of aromatic nitrogens is 4. The van der Waals surface area contributed by atoms with Gasteiger partial charge in [-0.15, -0.1) is 0 Å². The number of carbonyl (C=O) groups excluding carboxylic acids is 1. The summed E-state index contributed by atoms with van der Waals surface area (Å²) >= 11 is 0. The highest BCUT2D eigenvalue weighted by Crippen LogP contribution is 2.34. The second-order valence-corrected chi connectivity index (χ2v) is 7.75. The first-order valence-corrected chi connectivity index (χ1v) is 10.9. The summed E-state index contributed by atoms with van der Waals surface area (Å²) in [7, 11) is 3.16. The Balaban J connectivity index is 1.54. The minimum absolute atomic E-state index is 0.279. The van der Waals surface area contributed by atoms with Crippen LogP contribution in [0.3, 0.4) is 0 Å². The van der Waals surface area contributed by atoms with Crippen molar-refractivity contribution in [1.82, 2.24) is 20.0 Å². The van der Waals surface area contributed by atoms with E-state index in [1.54, 1.807) is 37.4 Å². The summed E-state index contributed by atoms with van der Waals surface area (Å²) in [5, 5.41) is 14.7. The van der Waals surface area contributed by atoms with Crippen LogP contribution in [0.25, 0.3) is 28.2 Å². The van der Waals surface area contributed by atoms with E-state index in [1.807, 2.05) is 72.8 Å². The summed E-state index contributed by atoms with van der Waals surface area (Å²) < 4.78 is 12.5. The van der Waals surface area contributed by atoms with Gasteiger partial charge in [0.15, 0.2) is 11.5 Å². The summed E-state index contributed by atoms with van der Waals surface area (Å²) in [6, 6.07) is 24.6. The van der Waals surface area contributed by atoms with E-state index in [0.717, 1.165) is 22.5 Å². The Morgan fingerprint density at radius 2 is 1.71 bits per heavy atom. The average molecular weight is 466 g/mol. The minimum atomic E-state index is -0.279. The fraction of sp³-hybridized carbons (Fsp3) is 0.0741. The van der Waals surface area contributed by atoms with Crippen molar-refractivity contribution in [2.45, 2.75) is 0 Å². The van der Waals surface area contributed by atoms with Gasteiger partial charge in [0.25, 0.3) is 5.91 Å². The lowest BCUT2D eigenvalue weighted by atomic mass is 10.1. The van der Waals surface area contributed by atoms with Crippen molar-refractivity contribution in [1.29, 1.82) is 0 Å². The normalized spacial score (nSPS) is 10.7.